The van der Waals surface area contributed by atoms with E-state index < -0.39 is 0 Å². The van der Waals surface area contributed by atoms with Crippen molar-refractivity contribution in [2.75, 3.05) is 23.0 Å². The first-order chi connectivity index (χ1) is 12.0. The Morgan fingerprint density at radius 2 is 1.76 bits per heavy atom. The van der Waals surface area contributed by atoms with Gasteiger partial charge in [-0.15, -0.1) is 0 Å². The van der Waals surface area contributed by atoms with E-state index in [1.807, 2.05) is 32.2 Å². The third kappa shape index (κ3) is 3.95. The van der Waals surface area contributed by atoms with Gasteiger partial charge >= 0.3 is 6.03 Å². The molecule has 0 saturated heterocycles. The second-order valence-corrected chi connectivity index (χ2v) is 5.86. The molecule has 4 N–H and O–H groups in total. The molecule has 0 unspecified atom stereocenters. The zero-order chi connectivity index (χ0) is 17.8. The van der Waals surface area contributed by atoms with E-state index in [1.165, 1.54) is 0 Å². The molecule has 0 bridgehead atoms. The van der Waals surface area contributed by atoms with Crippen molar-refractivity contribution in [3.63, 3.8) is 0 Å². The van der Waals surface area contributed by atoms with Crippen LogP contribution in [0.3, 0.4) is 0 Å². The number of carbonyl (C=O) groups is 1. The molecular weight excluding hydrogens is 316 g/mol. The van der Waals surface area contributed by atoms with Crippen LogP contribution in [0.1, 0.15) is 12.5 Å². The second-order valence-electron chi connectivity index (χ2n) is 5.86. The molecular formula is C18H20N6O. The lowest BCUT2D eigenvalue weighted by Crippen LogP contribution is -2.19. The van der Waals surface area contributed by atoms with Gasteiger partial charge in [-0.2, -0.15) is 15.4 Å². The monoisotopic (exact) mass is 336 g/mol. The van der Waals surface area contributed by atoms with Crippen LogP contribution < -0.4 is 16.0 Å². The molecule has 1 aromatic heterocycles. The highest BCUT2D eigenvalue weighted by Gasteiger charge is 2.08. The molecule has 2 aromatic carbocycles. The summed E-state index contributed by atoms with van der Waals surface area (Å²) in [6.07, 6.45) is 0.746. The van der Waals surface area contributed by atoms with Crippen LogP contribution >= 0.6 is 0 Å². The van der Waals surface area contributed by atoms with Crippen LogP contribution in [0, 0.1) is 0 Å². The van der Waals surface area contributed by atoms with Gasteiger partial charge in [0.05, 0.1) is 0 Å². The van der Waals surface area contributed by atoms with Crippen molar-refractivity contribution in [2.45, 2.75) is 13.3 Å². The zero-order valence-corrected chi connectivity index (χ0v) is 14.2. The van der Waals surface area contributed by atoms with E-state index in [-0.39, 0.29) is 6.03 Å². The van der Waals surface area contributed by atoms with Crippen LogP contribution in [0.2, 0.25) is 0 Å². The maximum Gasteiger partial charge on any atom is 0.323 e. The van der Waals surface area contributed by atoms with E-state index in [1.54, 1.807) is 18.2 Å². The summed E-state index contributed by atoms with van der Waals surface area (Å²) in [5.41, 5.74) is 5.96. The molecule has 0 aliphatic rings. The van der Waals surface area contributed by atoms with Gasteiger partial charge in [-0.05, 0) is 55.3 Å². The van der Waals surface area contributed by atoms with Crippen molar-refractivity contribution in [1.82, 2.24) is 15.4 Å². The van der Waals surface area contributed by atoms with E-state index in [2.05, 4.69) is 37.9 Å². The average molecular weight is 336 g/mol. The summed E-state index contributed by atoms with van der Waals surface area (Å²) in [7, 11) is 1.87. The van der Waals surface area contributed by atoms with Crippen molar-refractivity contribution in [3.8, 4) is 0 Å². The molecule has 0 spiro atoms. The highest BCUT2D eigenvalue weighted by molar-refractivity contribution is 6.00. The molecule has 0 fully saturated rings. The van der Waals surface area contributed by atoms with Gasteiger partial charge < -0.3 is 16.0 Å². The van der Waals surface area contributed by atoms with Crippen molar-refractivity contribution in [2.24, 2.45) is 0 Å². The Balaban J connectivity index is 1.72. The summed E-state index contributed by atoms with van der Waals surface area (Å²) in [5.74, 6) is 0. The number of anilines is 3. The summed E-state index contributed by atoms with van der Waals surface area (Å²) in [6.45, 7) is 5.93. The van der Waals surface area contributed by atoms with E-state index in [0.717, 1.165) is 34.4 Å². The summed E-state index contributed by atoms with van der Waals surface area (Å²) in [4.78, 5) is 12.2. The summed E-state index contributed by atoms with van der Waals surface area (Å²) in [5, 5.41) is 19.3. The number of rotatable bonds is 5. The molecule has 0 aliphatic heterocycles. The Hall–Kier alpha value is -3.35. The number of benzene rings is 2. The summed E-state index contributed by atoms with van der Waals surface area (Å²) in [6, 6.07) is 10.8. The second kappa shape index (κ2) is 7.04. The number of hydrogen-bond acceptors (Lipinski definition) is 4. The van der Waals surface area contributed by atoms with Gasteiger partial charge in [0.15, 0.2) is 0 Å². The molecule has 0 saturated carbocycles. The normalized spacial score (nSPS) is 10.5. The maximum absolute atomic E-state index is 12.2. The average Bonchev–Trinajstić information content (AvgIpc) is 3.02. The number of allylic oxidation sites excluding steroid dienone is 1. The smallest absolute Gasteiger partial charge is 0.323 e. The van der Waals surface area contributed by atoms with E-state index in [9.17, 15) is 4.79 Å². The SMILES string of the molecule is C=C(C)Cc1cc(NC(=O)Nc2ccc3n[nH]nc3c2)ccc1NC. The topological polar surface area (TPSA) is 94.7 Å². The van der Waals surface area contributed by atoms with Crippen LogP contribution in [0.5, 0.6) is 0 Å². The third-order valence-corrected chi connectivity index (χ3v) is 3.70. The molecule has 128 valence electrons. The highest BCUT2D eigenvalue weighted by Crippen LogP contribution is 2.23. The molecule has 3 rings (SSSR count). The Labute approximate surface area is 145 Å². The lowest BCUT2D eigenvalue weighted by Gasteiger charge is -2.13. The molecule has 0 radical (unpaired) electrons. The Kier molecular flexibility index (Phi) is 4.65. The zero-order valence-electron chi connectivity index (χ0n) is 14.2. The highest BCUT2D eigenvalue weighted by atomic mass is 16.2. The van der Waals surface area contributed by atoms with Gasteiger partial charge in [0.2, 0.25) is 0 Å². The Bertz CT molecular complexity index is 930. The predicted molar refractivity (Wildman–Crippen MR) is 101 cm³/mol. The fourth-order valence-corrected chi connectivity index (χ4v) is 2.60. The van der Waals surface area contributed by atoms with Gasteiger partial charge in [0, 0.05) is 24.1 Å². The number of nitrogens with zero attached hydrogens (tertiary/aromatic N) is 2. The van der Waals surface area contributed by atoms with E-state index >= 15 is 0 Å². The molecule has 3 aromatic rings. The lowest BCUT2D eigenvalue weighted by molar-refractivity contribution is 0.262. The minimum atomic E-state index is -0.318. The van der Waals surface area contributed by atoms with Gasteiger partial charge in [-0.3, -0.25) is 0 Å². The number of urea groups is 1. The number of amides is 2. The maximum atomic E-state index is 12.2. The lowest BCUT2D eigenvalue weighted by atomic mass is 10.0. The van der Waals surface area contributed by atoms with E-state index in [0.29, 0.717) is 11.2 Å². The Morgan fingerprint density at radius 1 is 1.08 bits per heavy atom. The first-order valence-corrected chi connectivity index (χ1v) is 7.89. The largest absolute Gasteiger partial charge is 0.388 e. The van der Waals surface area contributed by atoms with Crippen LogP contribution in [-0.4, -0.2) is 28.5 Å². The number of hydrogen-bond donors (Lipinski definition) is 4. The molecule has 1 heterocycles. The molecule has 2 amide bonds. The summed E-state index contributed by atoms with van der Waals surface area (Å²) >= 11 is 0. The fraction of sp³-hybridized carbons (Fsp3) is 0.167. The number of aromatic amines is 1. The Morgan fingerprint density at radius 3 is 2.48 bits per heavy atom. The fourth-order valence-electron chi connectivity index (χ4n) is 2.60. The molecule has 7 nitrogen and oxygen atoms in total. The predicted octanol–water partition coefficient (Wildman–Crippen LogP) is 3.76. The van der Waals surface area contributed by atoms with Gasteiger partial charge in [-0.1, -0.05) is 12.2 Å². The van der Waals surface area contributed by atoms with Crippen LogP contribution in [0.15, 0.2) is 48.6 Å². The van der Waals surface area contributed by atoms with Crippen molar-refractivity contribution < 1.29 is 4.79 Å². The van der Waals surface area contributed by atoms with Crippen LogP contribution in [0.25, 0.3) is 11.0 Å². The number of carbonyl (C=O) groups excluding carboxylic acids is 1. The van der Waals surface area contributed by atoms with Crippen molar-refractivity contribution in [3.05, 3.63) is 54.1 Å². The quantitative estimate of drug-likeness (QED) is 0.534. The number of aromatic nitrogens is 3. The van der Waals surface area contributed by atoms with Gasteiger partial charge in [0.25, 0.3) is 0 Å². The standard InChI is InChI=1S/C18H20N6O/c1-11(2)8-12-9-13(4-6-15(12)19-3)20-18(25)21-14-5-7-16-17(10-14)23-24-22-16/h4-7,9-10,19H,1,8H2,2-3H3,(H2,20,21,25)(H,22,23,24). The van der Waals surface area contributed by atoms with Crippen LogP contribution in [0.4, 0.5) is 21.9 Å². The minimum Gasteiger partial charge on any atom is -0.388 e. The molecule has 25 heavy (non-hydrogen) atoms. The number of fused-ring (bicyclic) bond motifs is 1. The van der Waals surface area contributed by atoms with E-state index in [4.69, 9.17) is 0 Å². The molecule has 0 atom stereocenters. The first kappa shape index (κ1) is 16.5. The third-order valence-electron chi connectivity index (χ3n) is 3.70. The number of H-pyrrole nitrogens is 1. The summed E-state index contributed by atoms with van der Waals surface area (Å²) < 4.78 is 0. The number of nitrogens with one attached hydrogen (secondary N) is 4. The minimum absolute atomic E-state index is 0.318. The molecule has 0 aliphatic carbocycles. The molecule has 7 heteroatoms. The van der Waals surface area contributed by atoms with Crippen molar-refractivity contribution >= 4 is 34.1 Å². The van der Waals surface area contributed by atoms with Crippen LogP contribution in [-0.2, 0) is 6.42 Å². The first-order valence-electron chi connectivity index (χ1n) is 7.89. The van der Waals surface area contributed by atoms with Gasteiger partial charge in [0.1, 0.15) is 11.0 Å². The van der Waals surface area contributed by atoms with Crippen molar-refractivity contribution in [1.29, 1.82) is 0 Å². The van der Waals surface area contributed by atoms with Gasteiger partial charge in [-0.25, -0.2) is 4.79 Å².